The van der Waals surface area contributed by atoms with E-state index < -0.39 is 0 Å². The van der Waals surface area contributed by atoms with Gasteiger partial charge in [-0.05, 0) is 58.7 Å². The largest absolute Gasteiger partial charge is 0.355 e. The number of carbonyl (C=O) groups is 2. The lowest BCUT2D eigenvalue weighted by atomic mass is 10.0. The number of amides is 2. The average molecular weight is 559 g/mol. The van der Waals surface area contributed by atoms with Crippen molar-refractivity contribution in [1.82, 2.24) is 25.1 Å². The van der Waals surface area contributed by atoms with Crippen LogP contribution >= 0.6 is 23.4 Å². The van der Waals surface area contributed by atoms with Crippen LogP contribution < -0.4 is 10.2 Å². The number of anilines is 1. The number of piperazine rings is 1. The van der Waals surface area contributed by atoms with Crippen molar-refractivity contribution in [2.24, 2.45) is 0 Å². The number of aryl methyl sites for hydroxylation is 1. The summed E-state index contributed by atoms with van der Waals surface area (Å²) in [6.45, 7) is 11.1. The quantitative estimate of drug-likeness (QED) is 0.213. The van der Waals surface area contributed by atoms with E-state index in [1.54, 1.807) is 6.07 Å². The summed E-state index contributed by atoms with van der Waals surface area (Å²) in [5, 5.41) is 3.84. The highest BCUT2D eigenvalue weighted by Gasteiger charge is 2.29. The Labute approximate surface area is 235 Å². The second-order valence-corrected chi connectivity index (χ2v) is 11.7. The molecule has 0 radical (unpaired) electrons. The zero-order valence-electron chi connectivity index (χ0n) is 22.7. The van der Waals surface area contributed by atoms with Gasteiger partial charge in [0.25, 0.3) is 5.91 Å². The van der Waals surface area contributed by atoms with Crippen molar-refractivity contribution >= 4 is 41.0 Å². The van der Waals surface area contributed by atoms with Gasteiger partial charge in [0.15, 0.2) is 5.16 Å². The highest BCUT2D eigenvalue weighted by atomic mass is 35.5. The summed E-state index contributed by atoms with van der Waals surface area (Å²) in [6, 6.07) is 10.1. The van der Waals surface area contributed by atoms with Gasteiger partial charge in [-0.3, -0.25) is 9.59 Å². The lowest BCUT2D eigenvalue weighted by Gasteiger charge is -2.40. The summed E-state index contributed by atoms with van der Waals surface area (Å²) >= 11 is 7.61. The predicted octanol–water partition coefficient (Wildman–Crippen LogP) is 4.26. The molecular formula is C28H39ClN6O2S. The smallest absolute Gasteiger partial charge is 0.254 e. The first-order chi connectivity index (χ1) is 18.3. The number of nitrogens with one attached hydrogen (secondary N) is 1. The van der Waals surface area contributed by atoms with Crippen LogP contribution in [0.15, 0.2) is 35.5 Å². The van der Waals surface area contributed by atoms with E-state index in [1.807, 2.05) is 43.0 Å². The molecule has 2 aliphatic rings. The van der Waals surface area contributed by atoms with Gasteiger partial charge in [0, 0.05) is 56.4 Å². The van der Waals surface area contributed by atoms with Gasteiger partial charge in [-0.15, -0.1) is 0 Å². The average Bonchev–Trinajstić information content (AvgIpc) is 2.90. The van der Waals surface area contributed by atoms with E-state index in [9.17, 15) is 9.59 Å². The number of nitrogens with zero attached hydrogens (tertiary/aromatic N) is 5. The van der Waals surface area contributed by atoms with Crippen LogP contribution in [0, 0.1) is 6.92 Å². The van der Waals surface area contributed by atoms with Crippen molar-refractivity contribution in [3.8, 4) is 0 Å². The van der Waals surface area contributed by atoms with Gasteiger partial charge >= 0.3 is 0 Å². The van der Waals surface area contributed by atoms with E-state index in [4.69, 9.17) is 11.6 Å². The normalized spacial score (nSPS) is 20.4. The SMILES string of the molecule is Cc1ccc(C(=O)N2CCN(c3cc(Cl)nc(SCC(=O)NCCCN4CCCCC4C)n3)CC2C)cc1. The summed E-state index contributed by atoms with van der Waals surface area (Å²) in [5.74, 6) is 0.988. The minimum Gasteiger partial charge on any atom is -0.355 e. The van der Waals surface area contributed by atoms with Gasteiger partial charge in [0.05, 0.1) is 5.75 Å². The zero-order valence-corrected chi connectivity index (χ0v) is 24.2. The molecule has 0 saturated carbocycles. The standard InChI is InChI=1S/C28H39ClN6O2S/c1-20-8-10-23(11-9-20)27(37)35-16-15-34(18-22(35)3)25-17-24(29)31-28(32-25)38-19-26(36)30-12-6-14-33-13-5-4-7-21(33)2/h8-11,17,21-22H,4-7,12-16,18-19H2,1-3H3,(H,30,36). The first kappa shape index (κ1) is 28.6. The molecule has 0 aliphatic carbocycles. The Balaban J connectivity index is 1.25. The van der Waals surface area contributed by atoms with Crippen molar-refractivity contribution in [3.63, 3.8) is 0 Å². The monoisotopic (exact) mass is 558 g/mol. The molecule has 2 aliphatic heterocycles. The van der Waals surface area contributed by atoms with Gasteiger partial charge in [-0.2, -0.15) is 0 Å². The van der Waals surface area contributed by atoms with Crippen LogP contribution in [-0.4, -0.2) is 88.7 Å². The van der Waals surface area contributed by atoms with Gasteiger partial charge in [0.1, 0.15) is 11.0 Å². The zero-order chi connectivity index (χ0) is 27.1. The molecule has 2 amide bonds. The Bertz CT molecular complexity index is 1100. The number of thioether (sulfide) groups is 1. The number of carbonyl (C=O) groups excluding carboxylic acids is 2. The van der Waals surface area contributed by atoms with Crippen LogP contribution in [0.3, 0.4) is 0 Å². The van der Waals surface area contributed by atoms with E-state index >= 15 is 0 Å². The molecule has 2 aromatic rings. The Kier molecular flexibility index (Phi) is 10.3. The summed E-state index contributed by atoms with van der Waals surface area (Å²) in [4.78, 5) is 41.0. The molecule has 0 bridgehead atoms. The van der Waals surface area contributed by atoms with E-state index in [1.165, 1.54) is 31.0 Å². The van der Waals surface area contributed by atoms with Gasteiger partial charge in [-0.25, -0.2) is 9.97 Å². The third-order valence-electron chi connectivity index (χ3n) is 7.39. The lowest BCUT2D eigenvalue weighted by molar-refractivity contribution is -0.118. The third-order valence-corrected chi connectivity index (χ3v) is 8.43. The fourth-order valence-electron chi connectivity index (χ4n) is 5.12. The summed E-state index contributed by atoms with van der Waals surface area (Å²) in [5.41, 5.74) is 1.84. The molecule has 2 atom stereocenters. The molecule has 206 valence electrons. The van der Waals surface area contributed by atoms with Gasteiger partial charge in [0.2, 0.25) is 5.91 Å². The Morgan fingerprint density at radius 3 is 2.61 bits per heavy atom. The Hall–Kier alpha value is -2.36. The van der Waals surface area contributed by atoms with Gasteiger partial charge < -0.3 is 20.0 Å². The highest BCUT2D eigenvalue weighted by Crippen LogP contribution is 2.25. The first-order valence-corrected chi connectivity index (χ1v) is 15.0. The number of benzene rings is 1. The number of rotatable bonds is 9. The summed E-state index contributed by atoms with van der Waals surface area (Å²) in [6.07, 6.45) is 4.82. The molecule has 1 aromatic carbocycles. The number of hydrogen-bond donors (Lipinski definition) is 1. The van der Waals surface area contributed by atoms with Crippen molar-refractivity contribution in [3.05, 3.63) is 46.6 Å². The summed E-state index contributed by atoms with van der Waals surface area (Å²) in [7, 11) is 0. The number of halogens is 1. The van der Waals surface area contributed by atoms with Crippen LogP contribution in [0.1, 0.15) is 55.5 Å². The highest BCUT2D eigenvalue weighted by molar-refractivity contribution is 7.99. The predicted molar refractivity (Wildman–Crippen MR) is 154 cm³/mol. The van der Waals surface area contributed by atoms with E-state index in [2.05, 4.69) is 32.0 Å². The fourth-order valence-corrected chi connectivity index (χ4v) is 6.03. The second kappa shape index (κ2) is 13.6. The lowest BCUT2D eigenvalue weighted by Crippen LogP contribution is -2.54. The molecule has 8 nitrogen and oxygen atoms in total. The fraction of sp³-hybridized carbons (Fsp3) is 0.571. The maximum absolute atomic E-state index is 13.0. The number of piperidine rings is 1. The number of likely N-dealkylation sites (tertiary alicyclic amines) is 1. The van der Waals surface area contributed by atoms with Crippen LogP contribution in [0.2, 0.25) is 5.15 Å². The Morgan fingerprint density at radius 2 is 1.87 bits per heavy atom. The van der Waals surface area contributed by atoms with Gasteiger partial charge in [-0.1, -0.05) is 47.5 Å². The van der Waals surface area contributed by atoms with E-state index in [0.717, 1.165) is 30.9 Å². The van der Waals surface area contributed by atoms with Crippen LogP contribution in [0.4, 0.5) is 5.82 Å². The topological polar surface area (TPSA) is 81.7 Å². The van der Waals surface area contributed by atoms with Crippen molar-refractivity contribution in [2.45, 2.75) is 63.7 Å². The first-order valence-electron chi connectivity index (χ1n) is 13.6. The second-order valence-electron chi connectivity index (χ2n) is 10.4. The maximum Gasteiger partial charge on any atom is 0.254 e. The number of aromatic nitrogens is 2. The minimum atomic E-state index is -0.0244. The minimum absolute atomic E-state index is 0.0149. The molecule has 10 heteroatoms. The van der Waals surface area contributed by atoms with E-state index in [0.29, 0.717) is 48.1 Å². The summed E-state index contributed by atoms with van der Waals surface area (Å²) < 4.78 is 0. The third kappa shape index (κ3) is 7.83. The van der Waals surface area contributed by atoms with Crippen LogP contribution in [0.5, 0.6) is 0 Å². The van der Waals surface area contributed by atoms with Crippen molar-refractivity contribution in [1.29, 1.82) is 0 Å². The van der Waals surface area contributed by atoms with E-state index in [-0.39, 0.29) is 23.6 Å². The molecule has 2 unspecified atom stereocenters. The van der Waals surface area contributed by atoms with Crippen LogP contribution in [-0.2, 0) is 4.79 Å². The molecule has 3 heterocycles. The molecule has 2 saturated heterocycles. The molecule has 1 aromatic heterocycles. The molecule has 4 rings (SSSR count). The number of hydrogen-bond acceptors (Lipinski definition) is 7. The Morgan fingerprint density at radius 1 is 1.08 bits per heavy atom. The van der Waals surface area contributed by atoms with Crippen molar-refractivity contribution in [2.75, 3.05) is 49.9 Å². The molecule has 2 fully saturated rings. The molecule has 0 spiro atoms. The van der Waals surface area contributed by atoms with Crippen LogP contribution in [0.25, 0.3) is 0 Å². The van der Waals surface area contributed by atoms with Crippen molar-refractivity contribution < 1.29 is 9.59 Å². The molecular weight excluding hydrogens is 520 g/mol. The maximum atomic E-state index is 13.0. The molecule has 1 N–H and O–H groups in total. The molecule has 38 heavy (non-hydrogen) atoms.